The molecule has 0 saturated heterocycles. The molecule has 0 heterocycles. The van der Waals surface area contributed by atoms with Crippen molar-refractivity contribution in [3.8, 4) is 0 Å². The molecule has 0 bridgehead atoms. The minimum absolute atomic E-state index is 0.686. The van der Waals surface area contributed by atoms with Crippen LogP contribution in [-0.4, -0.2) is 6.54 Å². The molecule has 23 heavy (non-hydrogen) atoms. The molecule has 130 valence electrons. The number of hydrogen-bond donors (Lipinski definition) is 1. The van der Waals surface area contributed by atoms with Gasteiger partial charge in [0.1, 0.15) is 0 Å². The standard InChI is InChI=1S/C20H31Cl2N/c1-2-3-4-5-6-7-8-9-12-23-15-19-18(16-10-11-16)13-17(21)14-20(19)22/h13-14,16,23H,2-12,15H2,1H3. The summed E-state index contributed by atoms with van der Waals surface area (Å²) < 4.78 is 0. The van der Waals surface area contributed by atoms with Gasteiger partial charge in [0.25, 0.3) is 0 Å². The maximum atomic E-state index is 6.41. The van der Waals surface area contributed by atoms with Gasteiger partial charge in [-0.15, -0.1) is 0 Å². The zero-order valence-electron chi connectivity index (χ0n) is 14.5. The van der Waals surface area contributed by atoms with Gasteiger partial charge in [-0.25, -0.2) is 0 Å². The van der Waals surface area contributed by atoms with Gasteiger partial charge in [0.15, 0.2) is 0 Å². The molecule has 0 unspecified atom stereocenters. The molecular weight excluding hydrogens is 325 g/mol. The summed E-state index contributed by atoms with van der Waals surface area (Å²) in [6.45, 7) is 4.23. The van der Waals surface area contributed by atoms with Crippen LogP contribution in [0, 0.1) is 0 Å². The monoisotopic (exact) mass is 355 g/mol. The maximum absolute atomic E-state index is 6.41. The SMILES string of the molecule is CCCCCCCCCCNCc1c(Cl)cc(Cl)cc1C1CC1. The Labute approximate surface area is 152 Å². The van der Waals surface area contributed by atoms with E-state index in [9.17, 15) is 0 Å². The third-order valence-electron chi connectivity index (χ3n) is 4.72. The van der Waals surface area contributed by atoms with Crippen LogP contribution in [0.1, 0.15) is 88.2 Å². The lowest BCUT2D eigenvalue weighted by atomic mass is 10.0. The van der Waals surface area contributed by atoms with Gasteiger partial charge in [-0.2, -0.15) is 0 Å². The van der Waals surface area contributed by atoms with Gasteiger partial charge in [-0.05, 0) is 55.0 Å². The molecule has 1 aliphatic rings. The van der Waals surface area contributed by atoms with E-state index in [1.54, 1.807) is 0 Å². The third-order valence-corrected chi connectivity index (χ3v) is 5.28. The Hall–Kier alpha value is -0.240. The zero-order chi connectivity index (χ0) is 16.5. The summed E-state index contributed by atoms with van der Waals surface area (Å²) in [5.74, 6) is 0.686. The van der Waals surface area contributed by atoms with Gasteiger partial charge in [-0.3, -0.25) is 0 Å². The van der Waals surface area contributed by atoms with Crippen LogP contribution in [0.2, 0.25) is 10.0 Å². The van der Waals surface area contributed by atoms with Crippen LogP contribution in [0.3, 0.4) is 0 Å². The first-order valence-corrected chi connectivity index (χ1v) is 10.2. The van der Waals surface area contributed by atoms with E-state index in [1.807, 2.05) is 6.07 Å². The summed E-state index contributed by atoms with van der Waals surface area (Å²) in [5.41, 5.74) is 2.63. The Morgan fingerprint density at radius 1 is 0.957 bits per heavy atom. The fourth-order valence-electron chi connectivity index (χ4n) is 3.17. The van der Waals surface area contributed by atoms with Crippen molar-refractivity contribution in [1.82, 2.24) is 5.32 Å². The van der Waals surface area contributed by atoms with E-state index in [0.29, 0.717) is 5.92 Å². The molecular formula is C20H31Cl2N. The second-order valence-corrected chi connectivity index (χ2v) is 7.72. The molecule has 0 spiro atoms. The van der Waals surface area contributed by atoms with Crippen LogP contribution >= 0.6 is 23.2 Å². The minimum atomic E-state index is 0.686. The van der Waals surface area contributed by atoms with E-state index in [1.165, 1.54) is 75.3 Å². The highest BCUT2D eigenvalue weighted by Crippen LogP contribution is 2.44. The second-order valence-electron chi connectivity index (χ2n) is 6.88. The van der Waals surface area contributed by atoms with Crippen molar-refractivity contribution in [3.63, 3.8) is 0 Å². The lowest BCUT2D eigenvalue weighted by molar-refractivity contribution is 0.554. The van der Waals surface area contributed by atoms with Crippen molar-refractivity contribution in [1.29, 1.82) is 0 Å². The first kappa shape index (κ1) is 19.1. The molecule has 1 nitrogen and oxygen atoms in total. The van der Waals surface area contributed by atoms with E-state index in [4.69, 9.17) is 23.2 Å². The minimum Gasteiger partial charge on any atom is -0.313 e. The molecule has 1 N–H and O–H groups in total. The van der Waals surface area contributed by atoms with E-state index in [-0.39, 0.29) is 0 Å². The molecule has 2 rings (SSSR count). The fraction of sp³-hybridized carbons (Fsp3) is 0.700. The van der Waals surface area contributed by atoms with Gasteiger partial charge >= 0.3 is 0 Å². The van der Waals surface area contributed by atoms with Gasteiger partial charge in [0.05, 0.1) is 0 Å². The Morgan fingerprint density at radius 2 is 1.61 bits per heavy atom. The summed E-state index contributed by atoms with van der Waals surface area (Å²) in [6, 6.07) is 3.99. The normalized spacial score (nSPS) is 14.4. The summed E-state index contributed by atoms with van der Waals surface area (Å²) in [5, 5.41) is 5.16. The molecule has 0 atom stereocenters. The molecule has 0 radical (unpaired) electrons. The first-order chi connectivity index (χ1) is 11.2. The van der Waals surface area contributed by atoms with E-state index < -0.39 is 0 Å². The molecule has 0 amide bonds. The number of unbranched alkanes of at least 4 members (excludes halogenated alkanes) is 7. The topological polar surface area (TPSA) is 12.0 Å². The molecule has 1 aromatic rings. The Bertz CT molecular complexity index is 469. The smallest absolute Gasteiger partial charge is 0.0468 e. The average Bonchev–Trinajstić information content (AvgIpc) is 3.35. The quantitative estimate of drug-likeness (QED) is 0.394. The second kappa shape index (κ2) is 10.6. The van der Waals surface area contributed by atoms with Gasteiger partial charge in [0, 0.05) is 16.6 Å². The van der Waals surface area contributed by atoms with Crippen LogP contribution in [-0.2, 0) is 6.54 Å². The van der Waals surface area contributed by atoms with Crippen LogP contribution < -0.4 is 5.32 Å². The molecule has 0 aromatic heterocycles. The highest BCUT2D eigenvalue weighted by Gasteiger charge is 2.27. The third kappa shape index (κ3) is 7.03. The van der Waals surface area contributed by atoms with E-state index in [0.717, 1.165) is 23.1 Å². The molecule has 3 heteroatoms. The first-order valence-electron chi connectivity index (χ1n) is 9.41. The highest BCUT2D eigenvalue weighted by molar-refractivity contribution is 6.35. The van der Waals surface area contributed by atoms with Gasteiger partial charge in [0.2, 0.25) is 0 Å². The van der Waals surface area contributed by atoms with Crippen LogP contribution in [0.15, 0.2) is 12.1 Å². The number of nitrogens with one attached hydrogen (secondary N) is 1. The van der Waals surface area contributed by atoms with Crippen molar-refractivity contribution in [2.45, 2.75) is 83.6 Å². The van der Waals surface area contributed by atoms with Crippen molar-refractivity contribution in [2.24, 2.45) is 0 Å². The van der Waals surface area contributed by atoms with Crippen LogP contribution in [0.4, 0.5) is 0 Å². The van der Waals surface area contributed by atoms with Crippen molar-refractivity contribution >= 4 is 23.2 Å². The predicted octanol–water partition coefficient (Wildman–Crippen LogP) is 7.10. The summed E-state index contributed by atoms with van der Waals surface area (Å²) >= 11 is 12.6. The number of benzene rings is 1. The Balaban J connectivity index is 1.61. The largest absolute Gasteiger partial charge is 0.313 e. The van der Waals surface area contributed by atoms with E-state index >= 15 is 0 Å². The van der Waals surface area contributed by atoms with Crippen LogP contribution in [0.25, 0.3) is 0 Å². The Morgan fingerprint density at radius 3 is 2.26 bits per heavy atom. The zero-order valence-corrected chi connectivity index (χ0v) is 16.0. The summed E-state index contributed by atoms with van der Waals surface area (Å²) in [4.78, 5) is 0. The lowest BCUT2D eigenvalue weighted by Crippen LogP contribution is -2.16. The van der Waals surface area contributed by atoms with Gasteiger partial charge in [-0.1, -0.05) is 75.1 Å². The predicted molar refractivity (Wildman–Crippen MR) is 103 cm³/mol. The highest BCUT2D eigenvalue weighted by atomic mass is 35.5. The molecule has 1 saturated carbocycles. The van der Waals surface area contributed by atoms with E-state index in [2.05, 4.69) is 18.3 Å². The molecule has 1 fully saturated rings. The molecule has 1 aromatic carbocycles. The van der Waals surface area contributed by atoms with Crippen molar-refractivity contribution < 1.29 is 0 Å². The fourth-order valence-corrected chi connectivity index (χ4v) is 3.74. The summed E-state index contributed by atoms with van der Waals surface area (Å²) in [7, 11) is 0. The van der Waals surface area contributed by atoms with Crippen molar-refractivity contribution in [2.75, 3.05) is 6.54 Å². The number of rotatable bonds is 12. The average molecular weight is 356 g/mol. The van der Waals surface area contributed by atoms with Crippen molar-refractivity contribution in [3.05, 3.63) is 33.3 Å². The number of hydrogen-bond acceptors (Lipinski definition) is 1. The maximum Gasteiger partial charge on any atom is 0.0468 e. The lowest BCUT2D eigenvalue weighted by Gasteiger charge is -2.13. The van der Waals surface area contributed by atoms with Gasteiger partial charge < -0.3 is 5.32 Å². The number of halogens is 2. The molecule has 0 aliphatic heterocycles. The van der Waals surface area contributed by atoms with Crippen LogP contribution in [0.5, 0.6) is 0 Å². The Kier molecular flexibility index (Phi) is 8.79. The summed E-state index contributed by atoms with van der Waals surface area (Å²) in [6.07, 6.45) is 13.5. The molecule has 1 aliphatic carbocycles.